The van der Waals surface area contributed by atoms with Gasteiger partial charge in [-0.25, -0.2) is 8.42 Å². The van der Waals surface area contributed by atoms with Crippen molar-refractivity contribution >= 4 is 9.84 Å². The average Bonchev–Trinajstić information content (AvgIpc) is 2.38. The molecular formula is C15H26N2O2S. The van der Waals surface area contributed by atoms with Crippen molar-refractivity contribution in [1.29, 1.82) is 0 Å². The second-order valence-corrected chi connectivity index (χ2v) is 7.57. The summed E-state index contributed by atoms with van der Waals surface area (Å²) in [5.74, 6) is 0.208. The summed E-state index contributed by atoms with van der Waals surface area (Å²) < 4.78 is 22.4. The number of benzene rings is 1. The molecule has 0 fully saturated rings. The molecule has 1 aromatic carbocycles. The lowest BCUT2D eigenvalue weighted by atomic mass is 10.1. The molecule has 0 amide bonds. The second kappa shape index (κ2) is 8.39. The van der Waals surface area contributed by atoms with E-state index >= 15 is 0 Å². The lowest BCUT2D eigenvalue weighted by Gasteiger charge is -2.18. The third-order valence-electron chi connectivity index (χ3n) is 3.14. The van der Waals surface area contributed by atoms with Gasteiger partial charge in [0.05, 0.1) is 5.75 Å². The monoisotopic (exact) mass is 298 g/mol. The topological polar surface area (TPSA) is 49.4 Å². The zero-order valence-corrected chi connectivity index (χ0v) is 13.5. The lowest BCUT2D eigenvalue weighted by Crippen LogP contribution is -2.26. The fourth-order valence-electron chi connectivity index (χ4n) is 1.98. The van der Waals surface area contributed by atoms with E-state index in [1.165, 1.54) is 17.4 Å². The van der Waals surface area contributed by atoms with Crippen molar-refractivity contribution in [3.63, 3.8) is 0 Å². The summed E-state index contributed by atoms with van der Waals surface area (Å²) in [5.41, 5.74) is 2.54. The minimum atomic E-state index is -2.89. The molecule has 0 aliphatic rings. The molecule has 0 aromatic heterocycles. The van der Waals surface area contributed by atoms with Crippen LogP contribution in [0, 0.1) is 0 Å². The fraction of sp³-hybridized carbons (Fsp3) is 0.600. The SMILES string of the molecule is CCCNCc1ccccc1CN(C)CCS(C)(=O)=O. The van der Waals surface area contributed by atoms with Crippen LogP contribution in [-0.4, -0.2) is 45.5 Å². The molecule has 0 saturated heterocycles. The summed E-state index contributed by atoms with van der Waals surface area (Å²) in [6.45, 7) is 5.37. The molecule has 114 valence electrons. The molecule has 0 spiro atoms. The summed E-state index contributed by atoms with van der Waals surface area (Å²) in [5, 5.41) is 3.41. The van der Waals surface area contributed by atoms with Crippen LogP contribution in [0.3, 0.4) is 0 Å². The standard InChI is InChI=1S/C15H26N2O2S/c1-4-9-16-12-14-7-5-6-8-15(14)13-17(2)10-11-20(3,18)19/h5-8,16H,4,9-13H2,1-3H3. The van der Waals surface area contributed by atoms with Gasteiger partial charge < -0.3 is 10.2 Å². The molecule has 1 rings (SSSR count). The van der Waals surface area contributed by atoms with E-state index < -0.39 is 9.84 Å². The van der Waals surface area contributed by atoms with Crippen molar-refractivity contribution in [3.8, 4) is 0 Å². The van der Waals surface area contributed by atoms with Crippen LogP contribution in [0.4, 0.5) is 0 Å². The predicted octanol–water partition coefficient (Wildman–Crippen LogP) is 1.66. The minimum Gasteiger partial charge on any atom is -0.313 e. The Morgan fingerprint density at radius 1 is 1.20 bits per heavy atom. The molecule has 0 aliphatic heterocycles. The molecule has 0 aliphatic carbocycles. The number of hydrogen-bond acceptors (Lipinski definition) is 4. The zero-order chi connectivity index (χ0) is 15.0. The van der Waals surface area contributed by atoms with E-state index in [4.69, 9.17) is 0 Å². The van der Waals surface area contributed by atoms with Crippen molar-refractivity contribution in [2.45, 2.75) is 26.4 Å². The van der Waals surface area contributed by atoms with Crippen LogP contribution in [0.2, 0.25) is 0 Å². The summed E-state index contributed by atoms with van der Waals surface area (Å²) in [6.07, 6.45) is 2.40. The Bertz CT molecular complexity index is 500. The largest absolute Gasteiger partial charge is 0.313 e. The van der Waals surface area contributed by atoms with E-state index in [9.17, 15) is 8.42 Å². The number of nitrogens with one attached hydrogen (secondary N) is 1. The van der Waals surface area contributed by atoms with Crippen molar-refractivity contribution in [1.82, 2.24) is 10.2 Å². The van der Waals surface area contributed by atoms with Gasteiger partial charge in [0.2, 0.25) is 0 Å². The van der Waals surface area contributed by atoms with Crippen molar-refractivity contribution < 1.29 is 8.42 Å². The molecule has 0 heterocycles. The third-order valence-corrected chi connectivity index (χ3v) is 4.07. The highest BCUT2D eigenvalue weighted by atomic mass is 32.2. The first kappa shape index (κ1) is 17.1. The molecule has 0 unspecified atom stereocenters. The Morgan fingerprint density at radius 3 is 2.45 bits per heavy atom. The highest BCUT2D eigenvalue weighted by molar-refractivity contribution is 7.90. The zero-order valence-electron chi connectivity index (χ0n) is 12.7. The first-order valence-corrected chi connectivity index (χ1v) is 9.12. The van der Waals surface area contributed by atoms with Gasteiger partial charge in [0.25, 0.3) is 0 Å². The van der Waals surface area contributed by atoms with Gasteiger partial charge >= 0.3 is 0 Å². The summed E-state index contributed by atoms with van der Waals surface area (Å²) in [4.78, 5) is 2.06. The number of rotatable bonds is 9. The highest BCUT2D eigenvalue weighted by Crippen LogP contribution is 2.11. The lowest BCUT2D eigenvalue weighted by molar-refractivity contribution is 0.345. The number of sulfone groups is 1. The summed E-state index contributed by atoms with van der Waals surface area (Å²) in [6, 6.07) is 8.31. The van der Waals surface area contributed by atoms with Crippen molar-refractivity contribution in [2.75, 3.05) is 32.1 Å². The van der Waals surface area contributed by atoms with E-state index in [1.54, 1.807) is 0 Å². The van der Waals surface area contributed by atoms with Gasteiger partial charge in [-0.05, 0) is 31.1 Å². The molecule has 0 radical (unpaired) electrons. The molecule has 0 atom stereocenters. The first-order chi connectivity index (χ1) is 9.42. The molecule has 5 heteroatoms. The quantitative estimate of drug-likeness (QED) is 0.705. The van der Waals surface area contributed by atoms with E-state index in [0.29, 0.717) is 6.54 Å². The Balaban J connectivity index is 2.57. The molecule has 1 aromatic rings. The number of nitrogens with zero attached hydrogens (tertiary/aromatic N) is 1. The molecule has 1 N–H and O–H groups in total. The van der Waals surface area contributed by atoms with Crippen molar-refractivity contribution in [2.24, 2.45) is 0 Å². The average molecular weight is 298 g/mol. The Labute approximate surface area is 123 Å². The molecule has 20 heavy (non-hydrogen) atoms. The van der Waals surface area contributed by atoms with Crippen LogP contribution >= 0.6 is 0 Å². The van der Waals surface area contributed by atoms with Crippen molar-refractivity contribution in [3.05, 3.63) is 35.4 Å². The molecule has 0 bridgehead atoms. The highest BCUT2D eigenvalue weighted by Gasteiger charge is 2.08. The van der Waals surface area contributed by atoms with Crippen LogP contribution in [0.25, 0.3) is 0 Å². The van der Waals surface area contributed by atoms with Gasteiger partial charge in [0.15, 0.2) is 0 Å². The second-order valence-electron chi connectivity index (χ2n) is 5.31. The smallest absolute Gasteiger partial charge is 0.148 e. The Morgan fingerprint density at radius 2 is 1.85 bits per heavy atom. The fourth-order valence-corrected chi connectivity index (χ4v) is 2.62. The van der Waals surface area contributed by atoms with Gasteiger partial charge in [-0.3, -0.25) is 0 Å². The van der Waals surface area contributed by atoms with Crippen LogP contribution in [0.1, 0.15) is 24.5 Å². The third kappa shape index (κ3) is 7.03. The van der Waals surface area contributed by atoms with Gasteiger partial charge in [-0.1, -0.05) is 31.2 Å². The Hall–Kier alpha value is -0.910. The van der Waals surface area contributed by atoms with Gasteiger partial charge in [0, 0.05) is 25.9 Å². The maximum absolute atomic E-state index is 11.2. The van der Waals surface area contributed by atoms with E-state index in [2.05, 4.69) is 29.3 Å². The van der Waals surface area contributed by atoms with Gasteiger partial charge in [-0.15, -0.1) is 0 Å². The van der Waals surface area contributed by atoms with Crippen LogP contribution in [0.15, 0.2) is 24.3 Å². The van der Waals surface area contributed by atoms with Gasteiger partial charge in [-0.2, -0.15) is 0 Å². The van der Waals surface area contributed by atoms with Gasteiger partial charge in [0.1, 0.15) is 9.84 Å². The van der Waals surface area contributed by atoms with E-state index in [1.807, 2.05) is 19.2 Å². The van der Waals surface area contributed by atoms with E-state index in [0.717, 1.165) is 26.1 Å². The first-order valence-electron chi connectivity index (χ1n) is 7.06. The van der Waals surface area contributed by atoms with Crippen LogP contribution in [-0.2, 0) is 22.9 Å². The van der Waals surface area contributed by atoms with Crippen LogP contribution < -0.4 is 5.32 Å². The normalized spacial score (nSPS) is 12.0. The summed E-state index contributed by atoms with van der Waals surface area (Å²) in [7, 11) is -0.933. The molecular weight excluding hydrogens is 272 g/mol. The Kier molecular flexibility index (Phi) is 7.19. The predicted molar refractivity (Wildman–Crippen MR) is 84.5 cm³/mol. The summed E-state index contributed by atoms with van der Waals surface area (Å²) >= 11 is 0. The minimum absolute atomic E-state index is 0.208. The maximum atomic E-state index is 11.2. The number of hydrogen-bond donors (Lipinski definition) is 1. The maximum Gasteiger partial charge on any atom is 0.148 e. The molecule has 4 nitrogen and oxygen atoms in total. The van der Waals surface area contributed by atoms with Crippen LogP contribution in [0.5, 0.6) is 0 Å². The van der Waals surface area contributed by atoms with E-state index in [-0.39, 0.29) is 5.75 Å². The molecule has 0 saturated carbocycles.